The molecule has 0 spiro atoms. The number of hydrogen-bond acceptors (Lipinski definition) is 2. The van der Waals surface area contributed by atoms with Crippen LogP contribution in [0.4, 0.5) is 0 Å². The fourth-order valence-corrected chi connectivity index (χ4v) is 3.83. The molecular formula is C15H29N2O2+. The Balaban J connectivity index is 1.75. The van der Waals surface area contributed by atoms with Gasteiger partial charge in [0, 0.05) is 18.9 Å². The van der Waals surface area contributed by atoms with Crippen molar-refractivity contribution in [2.75, 3.05) is 32.8 Å². The summed E-state index contributed by atoms with van der Waals surface area (Å²) < 4.78 is 0. The van der Waals surface area contributed by atoms with Gasteiger partial charge in [-0.2, -0.15) is 0 Å². The second-order valence-corrected chi connectivity index (χ2v) is 6.85. The van der Waals surface area contributed by atoms with Gasteiger partial charge in [0.05, 0.1) is 13.1 Å². The van der Waals surface area contributed by atoms with Crippen molar-refractivity contribution in [1.29, 1.82) is 0 Å². The topological polar surface area (TPSA) is 45.0 Å². The molecule has 2 aliphatic rings. The second kappa shape index (κ2) is 6.71. The van der Waals surface area contributed by atoms with Crippen LogP contribution in [-0.4, -0.2) is 48.8 Å². The molecular weight excluding hydrogens is 240 g/mol. The van der Waals surface area contributed by atoms with Gasteiger partial charge in [0.1, 0.15) is 13.2 Å². The Morgan fingerprint density at radius 1 is 1.42 bits per heavy atom. The predicted molar refractivity (Wildman–Crippen MR) is 75.1 cm³/mol. The molecule has 1 saturated carbocycles. The molecule has 2 fully saturated rings. The van der Waals surface area contributed by atoms with Crippen molar-refractivity contribution in [1.82, 2.24) is 4.90 Å². The maximum absolute atomic E-state index is 10.8. The fraction of sp³-hybridized carbons (Fsp3) is 0.933. The van der Waals surface area contributed by atoms with E-state index < -0.39 is 5.97 Å². The highest BCUT2D eigenvalue weighted by Gasteiger charge is 2.31. The van der Waals surface area contributed by atoms with E-state index in [0.717, 1.165) is 37.4 Å². The van der Waals surface area contributed by atoms with Crippen molar-refractivity contribution in [3.8, 4) is 0 Å². The second-order valence-electron chi connectivity index (χ2n) is 6.85. The maximum atomic E-state index is 10.8. The number of rotatable bonds is 5. The third-order valence-electron chi connectivity index (χ3n) is 4.91. The summed E-state index contributed by atoms with van der Waals surface area (Å²) in [5.41, 5.74) is 0. The van der Waals surface area contributed by atoms with Crippen LogP contribution in [0.3, 0.4) is 0 Å². The number of nitrogens with one attached hydrogen (secondary N) is 1. The average molecular weight is 269 g/mol. The van der Waals surface area contributed by atoms with Crippen molar-refractivity contribution in [3.05, 3.63) is 0 Å². The summed E-state index contributed by atoms with van der Waals surface area (Å²) in [4.78, 5) is 14.5. The van der Waals surface area contributed by atoms with Crippen LogP contribution in [0.25, 0.3) is 0 Å². The normalized spacial score (nSPS) is 32.9. The zero-order valence-corrected chi connectivity index (χ0v) is 12.4. The number of carboxylic acid groups (broad SMARTS) is 1. The lowest BCUT2D eigenvalue weighted by molar-refractivity contribution is -0.919. The van der Waals surface area contributed by atoms with E-state index in [-0.39, 0.29) is 6.54 Å². The molecule has 0 bridgehead atoms. The predicted octanol–water partition coefficient (Wildman–Crippen LogP) is 0.691. The minimum atomic E-state index is -0.693. The van der Waals surface area contributed by atoms with Gasteiger partial charge in [-0.25, -0.2) is 4.90 Å². The molecule has 0 radical (unpaired) electrons. The maximum Gasteiger partial charge on any atom is 0.317 e. The van der Waals surface area contributed by atoms with Gasteiger partial charge in [0.2, 0.25) is 0 Å². The number of carboxylic acids is 1. The van der Waals surface area contributed by atoms with Gasteiger partial charge in [0.25, 0.3) is 0 Å². The van der Waals surface area contributed by atoms with E-state index in [9.17, 15) is 4.79 Å². The first-order valence-electron chi connectivity index (χ1n) is 7.82. The van der Waals surface area contributed by atoms with E-state index >= 15 is 0 Å². The van der Waals surface area contributed by atoms with E-state index in [1.165, 1.54) is 32.4 Å². The molecule has 1 aliphatic heterocycles. The molecule has 4 nitrogen and oxygen atoms in total. The summed E-state index contributed by atoms with van der Waals surface area (Å²) in [7, 11) is 0. The van der Waals surface area contributed by atoms with Gasteiger partial charge >= 0.3 is 5.97 Å². The Labute approximate surface area is 116 Å². The molecule has 0 amide bonds. The van der Waals surface area contributed by atoms with Crippen LogP contribution in [0.15, 0.2) is 0 Å². The van der Waals surface area contributed by atoms with E-state index in [1.54, 1.807) is 4.90 Å². The van der Waals surface area contributed by atoms with Crippen molar-refractivity contribution < 1.29 is 14.8 Å². The van der Waals surface area contributed by atoms with Crippen LogP contribution < -0.4 is 4.90 Å². The molecule has 0 aromatic heterocycles. The summed E-state index contributed by atoms with van der Waals surface area (Å²) >= 11 is 0. The highest BCUT2D eigenvalue weighted by atomic mass is 16.4. The third kappa shape index (κ3) is 4.46. The highest BCUT2D eigenvalue weighted by Crippen LogP contribution is 2.34. The van der Waals surface area contributed by atoms with Crippen molar-refractivity contribution >= 4 is 5.97 Å². The van der Waals surface area contributed by atoms with E-state index in [2.05, 4.69) is 18.7 Å². The van der Waals surface area contributed by atoms with Gasteiger partial charge in [-0.3, -0.25) is 4.79 Å². The molecule has 19 heavy (non-hydrogen) atoms. The molecule has 0 aromatic rings. The Bertz CT molecular complexity index is 307. The summed E-state index contributed by atoms with van der Waals surface area (Å²) in [6.07, 6.45) is 5.31. The van der Waals surface area contributed by atoms with E-state index in [1.807, 2.05) is 0 Å². The van der Waals surface area contributed by atoms with Gasteiger partial charge in [-0.05, 0) is 31.1 Å². The molecule has 1 aliphatic carbocycles. The molecule has 0 aromatic carbocycles. The molecule has 110 valence electrons. The SMILES string of the molecule is CC(C)C1CCC(C[NH+]2CCCN(CC(=O)O)C2)C1. The number of quaternary nitrogens is 1. The zero-order chi connectivity index (χ0) is 13.8. The van der Waals surface area contributed by atoms with Gasteiger partial charge < -0.3 is 10.0 Å². The van der Waals surface area contributed by atoms with Crippen molar-refractivity contribution in [2.45, 2.75) is 39.5 Å². The minimum absolute atomic E-state index is 0.211. The first-order chi connectivity index (χ1) is 9.04. The van der Waals surface area contributed by atoms with Crippen LogP contribution in [0.2, 0.25) is 0 Å². The van der Waals surface area contributed by atoms with Gasteiger partial charge in [-0.15, -0.1) is 0 Å². The summed E-state index contributed by atoms with van der Waals surface area (Å²) in [5.74, 6) is 1.92. The van der Waals surface area contributed by atoms with Crippen molar-refractivity contribution in [3.63, 3.8) is 0 Å². The Hall–Kier alpha value is -0.610. The first-order valence-corrected chi connectivity index (χ1v) is 7.82. The zero-order valence-electron chi connectivity index (χ0n) is 12.4. The quantitative estimate of drug-likeness (QED) is 0.772. The van der Waals surface area contributed by atoms with E-state index in [4.69, 9.17) is 5.11 Å². The van der Waals surface area contributed by atoms with Crippen molar-refractivity contribution in [2.24, 2.45) is 17.8 Å². The first kappa shape index (κ1) is 14.8. The van der Waals surface area contributed by atoms with Crippen LogP contribution in [0, 0.1) is 17.8 Å². The average Bonchev–Trinajstić information content (AvgIpc) is 2.77. The lowest BCUT2D eigenvalue weighted by Gasteiger charge is -2.33. The monoisotopic (exact) mass is 269 g/mol. The molecule has 4 heteroatoms. The Morgan fingerprint density at radius 2 is 2.21 bits per heavy atom. The summed E-state index contributed by atoms with van der Waals surface area (Å²) in [6, 6.07) is 0. The molecule has 2 N–H and O–H groups in total. The third-order valence-corrected chi connectivity index (χ3v) is 4.91. The Morgan fingerprint density at radius 3 is 2.84 bits per heavy atom. The lowest BCUT2D eigenvalue weighted by atomic mass is 9.93. The molecule has 2 rings (SSSR count). The number of nitrogens with zero attached hydrogens (tertiary/aromatic N) is 1. The minimum Gasteiger partial charge on any atom is -0.480 e. The number of hydrogen-bond donors (Lipinski definition) is 2. The fourth-order valence-electron chi connectivity index (χ4n) is 3.83. The number of aliphatic carboxylic acids is 1. The van der Waals surface area contributed by atoms with E-state index in [0.29, 0.717) is 0 Å². The molecule has 1 saturated heterocycles. The summed E-state index contributed by atoms with van der Waals surface area (Å²) in [5, 5.41) is 8.88. The number of carbonyl (C=O) groups is 1. The standard InChI is InChI=1S/C15H28N2O2/c1-12(2)14-5-4-13(8-14)9-16-6-3-7-17(11-16)10-15(18)19/h12-14H,3-11H2,1-2H3,(H,18,19)/p+1. The smallest absolute Gasteiger partial charge is 0.317 e. The van der Waals surface area contributed by atoms with Crippen LogP contribution in [-0.2, 0) is 4.79 Å². The molecule has 3 unspecified atom stereocenters. The Kier molecular flexibility index (Phi) is 5.22. The highest BCUT2D eigenvalue weighted by molar-refractivity contribution is 5.69. The van der Waals surface area contributed by atoms with Gasteiger partial charge in [0.15, 0.2) is 0 Å². The molecule has 1 heterocycles. The lowest BCUT2D eigenvalue weighted by Crippen LogP contribution is -3.15. The molecule has 3 atom stereocenters. The largest absolute Gasteiger partial charge is 0.480 e. The van der Waals surface area contributed by atoms with Crippen LogP contribution in [0.1, 0.15) is 39.5 Å². The van der Waals surface area contributed by atoms with Gasteiger partial charge in [-0.1, -0.05) is 13.8 Å². The summed E-state index contributed by atoms with van der Waals surface area (Å²) in [6.45, 7) is 9.25. The van der Waals surface area contributed by atoms with Crippen LogP contribution in [0.5, 0.6) is 0 Å². The van der Waals surface area contributed by atoms with Crippen LogP contribution >= 0.6 is 0 Å².